The first-order valence-electron chi connectivity index (χ1n) is 2.03. The molecule has 0 rings (SSSR count). The maximum atomic E-state index is 9.92. The minimum Gasteiger partial charge on any atom is -0.542 e. The molecule has 46 valence electrons. The molecule has 0 fully saturated rings. The van der Waals surface area contributed by atoms with Crippen molar-refractivity contribution in [2.24, 2.45) is 0 Å². The summed E-state index contributed by atoms with van der Waals surface area (Å²) in [6.45, 7) is -0.438. The first kappa shape index (κ1) is 7.10. The van der Waals surface area contributed by atoms with Crippen molar-refractivity contribution in [2.75, 3.05) is 6.61 Å². The molecular formula is C4H5O4-. The van der Waals surface area contributed by atoms with Gasteiger partial charge in [-0.2, -0.15) is 0 Å². The number of carbonyl (C=O) groups is 2. The molecule has 0 aliphatic heterocycles. The van der Waals surface area contributed by atoms with Gasteiger partial charge >= 0.3 is 0 Å². The summed E-state index contributed by atoms with van der Waals surface area (Å²) in [4.78, 5) is 19.4. The topological polar surface area (TPSA) is 77.4 Å². The van der Waals surface area contributed by atoms with E-state index in [-0.39, 0.29) is 6.42 Å². The van der Waals surface area contributed by atoms with Crippen LogP contribution in [-0.4, -0.2) is 23.5 Å². The van der Waals surface area contributed by atoms with Gasteiger partial charge in [-0.05, 0) is 0 Å². The van der Waals surface area contributed by atoms with Crippen LogP contribution in [0.15, 0.2) is 0 Å². The molecule has 0 aliphatic rings. The molecule has 0 aliphatic carbocycles. The molecule has 0 atom stereocenters. The van der Waals surface area contributed by atoms with Crippen molar-refractivity contribution in [3.05, 3.63) is 0 Å². The van der Waals surface area contributed by atoms with Crippen LogP contribution >= 0.6 is 0 Å². The summed E-state index contributed by atoms with van der Waals surface area (Å²) >= 11 is 0. The molecule has 0 aromatic carbocycles. The van der Waals surface area contributed by atoms with Gasteiger partial charge in [0.1, 0.15) is 5.97 Å². The Bertz CT molecular complexity index is 107. The van der Waals surface area contributed by atoms with Crippen molar-refractivity contribution < 1.29 is 19.8 Å². The zero-order valence-corrected chi connectivity index (χ0v) is 4.09. The second-order valence-corrected chi connectivity index (χ2v) is 1.18. The molecule has 0 aromatic heterocycles. The number of carboxylic acids is 1. The zero-order valence-electron chi connectivity index (χ0n) is 4.09. The lowest BCUT2D eigenvalue weighted by Crippen LogP contribution is -2.31. The van der Waals surface area contributed by atoms with Crippen molar-refractivity contribution in [2.45, 2.75) is 6.42 Å². The summed E-state index contributed by atoms with van der Waals surface area (Å²) in [5, 5.41) is 17.5. The molecule has 0 amide bonds. The Hall–Kier alpha value is -0.900. The molecule has 0 heterocycles. The fraction of sp³-hybridized carbons (Fsp3) is 0.500. The minimum absolute atomic E-state index is 0.359. The number of carboxylic acid groups (broad SMARTS) is 1. The maximum absolute atomic E-state index is 9.92. The first-order valence-corrected chi connectivity index (χ1v) is 2.03. The monoisotopic (exact) mass is 117 g/mol. The summed E-state index contributed by atoms with van der Waals surface area (Å²) in [5.74, 6) is -2.80. The predicted octanol–water partition coefficient (Wildman–Crippen LogP) is -2.31. The number of hydrogen-bond donors (Lipinski definition) is 1. The van der Waals surface area contributed by atoms with Crippen molar-refractivity contribution in [1.82, 2.24) is 0 Å². The molecule has 0 unspecified atom stereocenters. The number of aliphatic hydroxyl groups is 1. The molecule has 4 nitrogen and oxygen atoms in total. The molecule has 0 radical (unpaired) electrons. The van der Waals surface area contributed by atoms with E-state index in [0.717, 1.165) is 0 Å². The molecule has 0 aromatic rings. The number of Topliss-reactive ketones (excluding diaryl/α,β-unsaturated/α-hetero) is 1. The molecule has 0 spiro atoms. The van der Waals surface area contributed by atoms with Crippen LogP contribution in [0.1, 0.15) is 6.42 Å². The van der Waals surface area contributed by atoms with Gasteiger partial charge in [-0.15, -0.1) is 0 Å². The zero-order chi connectivity index (χ0) is 6.57. The van der Waals surface area contributed by atoms with Gasteiger partial charge in [0.2, 0.25) is 0 Å². The normalized spacial score (nSPS) is 8.62. The number of ketones is 1. The highest BCUT2D eigenvalue weighted by atomic mass is 16.4. The molecule has 0 bridgehead atoms. The number of rotatable bonds is 3. The largest absolute Gasteiger partial charge is 0.542 e. The third-order valence-corrected chi connectivity index (χ3v) is 0.567. The molecule has 0 saturated carbocycles. The lowest BCUT2D eigenvalue weighted by atomic mass is 10.3. The van der Waals surface area contributed by atoms with Gasteiger partial charge in [-0.3, -0.25) is 4.79 Å². The van der Waals surface area contributed by atoms with Gasteiger partial charge in [0.25, 0.3) is 0 Å². The van der Waals surface area contributed by atoms with Crippen molar-refractivity contribution >= 4 is 11.8 Å². The second-order valence-electron chi connectivity index (χ2n) is 1.18. The average molecular weight is 117 g/mol. The summed E-state index contributed by atoms with van der Waals surface area (Å²) in [5.41, 5.74) is 0. The Balaban J connectivity index is 3.49. The highest BCUT2D eigenvalue weighted by Gasteiger charge is 1.98. The van der Waals surface area contributed by atoms with Gasteiger partial charge in [-0.1, -0.05) is 0 Å². The lowest BCUT2D eigenvalue weighted by Gasteiger charge is -1.94. The maximum Gasteiger partial charge on any atom is 0.180 e. The molecule has 4 heteroatoms. The van der Waals surface area contributed by atoms with E-state index in [4.69, 9.17) is 5.11 Å². The van der Waals surface area contributed by atoms with Gasteiger partial charge in [0, 0.05) is 6.42 Å². The van der Waals surface area contributed by atoms with Crippen LogP contribution in [0.3, 0.4) is 0 Å². The van der Waals surface area contributed by atoms with Crippen LogP contribution in [0.4, 0.5) is 0 Å². The average Bonchev–Trinajstić information content (AvgIpc) is 1.67. The van der Waals surface area contributed by atoms with Crippen LogP contribution in [0.5, 0.6) is 0 Å². The Labute approximate surface area is 45.7 Å². The SMILES string of the molecule is O=C([O-])C(=O)CCO. The van der Waals surface area contributed by atoms with E-state index in [2.05, 4.69) is 0 Å². The Morgan fingerprint density at radius 2 is 2.00 bits per heavy atom. The fourth-order valence-corrected chi connectivity index (χ4v) is 0.204. The lowest BCUT2D eigenvalue weighted by molar-refractivity contribution is -0.300. The van der Waals surface area contributed by atoms with Crippen LogP contribution in [0.25, 0.3) is 0 Å². The van der Waals surface area contributed by atoms with Crippen LogP contribution < -0.4 is 5.11 Å². The van der Waals surface area contributed by atoms with E-state index in [0.29, 0.717) is 0 Å². The van der Waals surface area contributed by atoms with Crippen molar-refractivity contribution in [1.29, 1.82) is 0 Å². The Morgan fingerprint density at radius 1 is 1.50 bits per heavy atom. The second kappa shape index (κ2) is 3.15. The summed E-state index contributed by atoms with van der Waals surface area (Å²) in [6.07, 6.45) is -0.359. The van der Waals surface area contributed by atoms with Gasteiger partial charge in [0.15, 0.2) is 5.78 Å². The van der Waals surface area contributed by atoms with Crippen LogP contribution in [0.2, 0.25) is 0 Å². The molecular weight excluding hydrogens is 112 g/mol. The van der Waals surface area contributed by atoms with E-state index in [1.54, 1.807) is 0 Å². The van der Waals surface area contributed by atoms with Gasteiger partial charge < -0.3 is 15.0 Å². The van der Waals surface area contributed by atoms with Crippen molar-refractivity contribution in [3.8, 4) is 0 Å². The minimum atomic E-state index is -1.74. The van der Waals surface area contributed by atoms with E-state index < -0.39 is 18.4 Å². The van der Waals surface area contributed by atoms with Gasteiger partial charge in [-0.25, -0.2) is 0 Å². The predicted molar refractivity (Wildman–Crippen MR) is 21.7 cm³/mol. The summed E-state index contributed by atoms with van der Waals surface area (Å²) in [6, 6.07) is 0. The third kappa shape index (κ3) is 2.30. The van der Waals surface area contributed by atoms with E-state index >= 15 is 0 Å². The van der Waals surface area contributed by atoms with E-state index in [1.807, 2.05) is 0 Å². The van der Waals surface area contributed by atoms with Crippen LogP contribution in [-0.2, 0) is 9.59 Å². The Kier molecular flexibility index (Phi) is 2.79. The Morgan fingerprint density at radius 3 is 2.12 bits per heavy atom. The summed E-state index contributed by atoms with van der Waals surface area (Å²) < 4.78 is 0. The summed E-state index contributed by atoms with van der Waals surface area (Å²) in [7, 11) is 0. The molecule has 8 heavy (non-hydrogen) atoms. The van der Waals surface area contributed by atoms with Crippen molar-refractivity contribution in [3.63, 3.8) is 0 Å². The van der Waals surface area contributed by atoms with E-state index in [1.165, 1.54) is 0 Å². The number of aliphatic hydroxyl groups excluding tert-OH is 1. The number of carbonyl (C=O) groups excluding carboxylic acids is 2. The number of hydrogen-bond acceptors (Lipinski definition) is 4. The van der Waals surface area contributed by atoms with Crippen LogP contribution in [0, 0.1) is 0 Å². The molecule has 1 N–H and O–H groups in total. The van der Waals surface area contributed by atoms with Gasteiger partial charge in [0.05, 0.1) is 6.61 Å². The highest BCUT2D eigenvalue weighted by Crippen LogP contribution is 1.76. The quantitative estimate of drug-likeness (QED) is 0.421. The van der Waals surface area contributed by atoms with E-state index in [9.17, 15) is 14.7 Å². The highest BCUT2D eigenvalue weighted by molar-refractivity contribution is 6.31. The standard InChI is InChI=1S/C4H6O4/c5-2-1-3(6)4(7)8/h5H,1-2H2,(H,7,8)/p-1. The molecule has 0 saturated heterocycles. The smallest absolute Gasteiger partial charge is 0.180 e. The first-order chi connectivity index (χ1) is 3.68. The third-order valence-electron chi connectivity index (χ3n) is 0.567. The fourth-order valence-electron chi connectivity index (χ4n) is 0.204. The number of aliphatic carboxylic acids is 1.